The van der Waals surface area contributed by atoms with Crippen molar-refractivity contribution in [2.45, 2.75) is 43.6 Å². The van der Waals surface area contributed by atoms with Crippen molar-refractivity contribution in [3.05, 3.63) is 18.0 Å². The minimum Gasteiger partial charge on any atom is -0.468 e. The van der Waals surface area contributed by atoms with Crippen molar-refractivity contribution in [1.29, 1.82) is 0 Å². The van der Waals surface area contributed by atoms with Crippen molar-refractivity contribution in [2.24, 2.45) is 0 Å². The molecule has 6 nitrogen and oxygen atoms in total. The number of ether oxygens (including phenoxy) is 1. The van der Waals surface area contributed by atoms with Gasteiger partial charge in [0.1, 0.15) is 6.04 Å². The number of carbonyl (C=O) groups excluding carboxylic acids is 1. The van der Waals surface area contributed by atoms with Crippen LogP contribution in [0.4, 0.5) is 0 Å². The summed E-state index contributed by atoms with van der Waals surface area (Å²) in [7, 11) is 1.38. The molecule has 1 aliphatic rings. The fourth-order valence-electron chi connectivity index (χ4n) is 2.43. The van der Waals surface area contributed by atoms with Crippen molar-refractivity contribution in [3.63, 3.8) is 0 Å². The minimum absolute atomic E-state index is 0.298. The molecule has 0 aromatic carbocycles. The molecule has 1 aromatic heterocycles. The molecule has 116 valence electrons. The Morgan fingerprint density at radius 1 is 1.52 bits per heavy atom. The lowest BCUT2D eigenvalue weighted by molar-refractivity contribution is -0.150. The fourth-order valence-corrected chi connectivity index (χ4v) is 2.94. The molecule has 2 atom stereocenters. The second kappa shape index (κ2) is 7.72. The van der Waals surface area contributed by atoms with E-state index in [1.54, 1.807) is 24.2 Å². The standard InChI is InChI=1S/C14H21N3O3S/c1-3-21-14-15-7-10(8-16-14)9-17-5-4-11(18)6-12(17)13(19)20-2/h7-8,11-12,18H,3-6,9H2,1-2H3/t11-,12+/m0/s1. The molecule has 0 saturated carbocycles. The zero-order chi connectivity index (χ0) is 15.2. The second-order valence-electron chi connectivity index (χ2n) is 4.99. The van der Waals surface area contributed by atoms with E-state index in [1.807, 2.05) is 4.90 Å². The molecular formula is C14H21N3O3S. The highest BCUT2D eigenvalue weighted by molar-refractivity contribution is 7.99. The van der Waals surface area contributed by atoms with E-state index >= 15 is 0 Å². The van der Waals surface area contributed by atoms with Crippen molar-refractivity contribution >= 4 is 17.7 Å². The van der Waals surface area contributed by atoms with E-state index in [2.05, 4.69) is 16.9 Å². The first kappa shape index (κ1) is 16.2. The molecule has 2 rings (SSSR count). The predicted octanol–water partition coefficient (Wildman–Crippen LogP) is 1.09. The Morgan fingerprint density at radius 3 is 2.86 bits per heavy atom. The number of piperidine rings is 1. The van der Waals surface area contributed by atoms with Gasteiger partial charge in [-0.3, -0.25) is 9.69 Å². The molecule has 0 radical (unpaired) electrons. The Balaban J connectivity index is 2.03. The lowest BCUT2D eigenvalue weighted by Gasteiger charge is -2.35. The molecule has 0 unspecified atom stereocenters. The first-order chi connectivity index (χ1) is 10.1. The number of hydrogen-bond acceptors (Lipinski definition) is 7. The van der Waals surface area contributed by atoms with Crippen LogP contribution in [0.1, 0.15) is 25.3 Å². The molecule has 1 fully saturated rings. The largest absolute Gasteiger partial charge is 0.468 e. The third-order valence-electron chi connectivity index (χ3n) is 3.50. The SMILES string of the molecule is CCSc1ncc(CN2CC[C@H](O)C[C@@H]2C(=O)OC)cn1. The smallest absolute Gasteiger partial charge is 0.323 e. The maximum Gasteiger partial charge on any atom is 0.323 e. The molecule has 1 aromatic rings. The van der Waals surface area contributed by atoms with Crippen LogP contribution in [0.5, 0.6) is 0 Å². The Kier molecular flexibility index (Phi) is 5.96. The van der Waals surface area contributed by atoms with Gasteiger partial charge in [-0.1, -0.05) is 18.7 Å². The van der Waals surface area contributed by atoms with Gasteiger partial charge in [0.25, 0.3) is 0 Å². The molecule has 1 aliphatic heterocycles. The highest BCUT2D eigenvalue weighted by atomic mass is 32.2. The highest BCUT2D eigenvalue weighted by Gasteiger charge is 2.33. The Bertz CT molecular complexity index is 469. The fraction of sp³-hybridized carbons (Fsp3) is 0.643. The summed E-state index contributed by atoms with van der Waals surface area (Å²) >= 11 is 1.60. The number of hydrogen-bond donors (Lipinski definition) is 1. The van der Waals surface area contributed by atoms with Crippen molar-refractivity contribution in [1.82, 2.24) is 14.9 Å². The van der Waals surface area contributed by atoms with Crippen LogP contribution in [0.3, 0.4) is 0 Å². The van der Waals surface area contributed by atoms with Crippen LogP contribution in [0.2, 0.25) is 0 Å². The van der Waals surface area contributed by atoms with Crippen LogP contribution in [-0.4, -0.2) is 57.5 Å². The van der Waals surface area contributed by atoms with E-state index in [4.69, 9.17) is 4.74 Å². The van der Waals surface area contributed by atoms with Crippen molar-refractivity contribution in [2.75, 3.05) is 19.4 Å². The molecule has 0 amide bonds. The molecule has 1 saturated heterocycles. The Labute approximate surface area is 128 Å². The van der Waals surface area contributed by atoms with Gasteiger partial charge in [-0.2, -0.15) is 0 Å². The molecule has 0 bridgehead atoms. The van der Waals surface area contributed by atoms with Gasteiger partial charge in [0.15, 0.2) is 5.16 Å². The normalized spacial score (nSPS) is 23.0. The third-order valence-corrected chi connectivity index (χ3v) is 4.26. The molecular weight excluding hydrogens is 290 g/mol. The van der Waals surface area contributed by atoms with E-state index in [0.717, 1.165) is 16.5 Å². The van der Waals surface area contributed by atoms with Crippen LogP contribution in [0, 0.1) is 0 Å². The Morgan fingerprint density at radius 2 is 2.24 bits per heavy atom. The van der Waals surface area contributed by atoms with E-state index in [0.29, 0.717) is 25.9 Å². The van der Waals surface area contributed by atoms with Crippen molar-refractivity contribution < 1.29 is 14.6 Å². The van der Waals surface area contributed by atoms with Gasteiger partial charge in [0, 0.05) is 31.0 Å². The molecule has 2 heterocycles. The average molecular weight is 311 g/mol. The van der Waals surface area contributed by atoms with Crippen LogP contribution >= 0.6 is 11.8 Å². The lowest BCUT2D eigenvalue weighted by Crippen LogP contribution is -2.48. The number of aromatic nitrogens is 2. The quantitative estimate of drug-likeness (QED) is 0.495. The lowest BCUT2D eigenvalue weighted by atomic mass is 9.99. The number of nitrogens with zero attached hydrogens (tertiary/aromatic N) is 3. The van der Waals surface area contributed by atoms with Gasteiger partial charge in [-0.05, 0) is 18.6 Å². The summed E-state index contributed by atoms with van der Waals surface area (Å²) in [5.74, 6) is 0.640. The van der Waals surface area contributed by atoms with Crippen molar-refractivity contribution in [3.8, 4) is 0 Å². The summed E-state index contributed by atoms with van der Waals surface area (Å²) < 4.78 is 4.83. The molecule has 1 N–H and O–H groups in total. The van der Waals surface area contributed by atoms with Gasteiger partial charge in [-0.15, -0.1) is 0 Å². The molecule has 7 heteroatoms. The monoisotopic (exact) mass is 311 g/mol. The average Bonchev–Trinajstić information content (AvgIpc) is 2.50. The molecule has 0 aliphatic carbocycles. The first-order valence-electron chi connectivity index (χ1n) is 7.07. The van der Waals surface area contributed by atoms with E-state index < -0.39 is 12.1 Å². The summed E-state index contributed by atoms with van der Waals surface area (Å²) in [6.07, 6.45) is 4.23. The number of esters is 1. The van der Waals surface area contributed by atoms with Gasteiger partial charge in [0.2, 0.25) is 0 Å². The number of thioether (sulfide) groups is 1. The van der Waals surface area contributed by atoms with Crippen LogP contribution in [0.15, 0.2) is 17.6 Å². The summed E-state index contributed by atoms with van der Waals surface area (Å²) in [5.41, 5.74) is 0.959. The molecule has 21 heavy (non-hydrogen) atoms. The maximum absolute atomic E-state index is 11.8. The summed E-state index contributed by atoms with van der Waals surface area (Å²) in [6, 6.07) is -0.400. The van der Waals surface area contributed by atoms with E-state index in [9.17, 15) is 9.90 Å². The van der Waals surface area contributed by atoms with Crippen LogP contribution in [-0.2, 0) is 16.1 Å². The van der Waals surface area contributed by atoms with Gasteiger partial charge < -0.3 is 9.84 Å². The van der Waals surface area contributed by atoms with E-state index in [-0.39, 0.29) is 5.97 Å². The number of carbonyl (C=O) groups is 1. The number of likely N-dealkylation sites (tertiary alicyclic amines) is 1. The zero-order valence-corrected chi connectivity index (χ0v) is 13.2. The highest BCUT2D eigenvalue weighted by Crippen LogP contribution is 2.21. The Hall–Kier alpha value is -1.18. The van der Waals surface area contributed by atoms with Gasteiger partial charge >= 0.3 is 5.97 Å². The first-order valence-corrected chi connectivity index (χ1v) is 8.06. The number of aliphatic hydroxyl groups is 1. The van der Waals surface area contributed by atoms with Gasteiger partial charge in [-0.25, -0.2) is 9.97 Å². The topological polar surface area (TPSA) is 75.5 Å². The van der Waals surface area contributed by atoms with E-state index in [1.165, 1.54) is 7.11 Å². The number of methoxy groups -OCH3 is 1. The summed E-state index contributed by atoms with van der Waals surface area (Å²) in [6.45, 7) is 3.30. The third kappa shape index (κ3) is 4.39. The minimum atomic E-state index is -0.440. The summed E-state index contributed by atoms with van der Waals surface area (Å²) in [4.78, 5) is 22.5. The predicted molar refractivity (Wildman–Crippen MR) is 79.9 cm³/mol. The zero-order valence-electron chi connectivity index (χ0n) is 12.4. The summed E-state index contributed by atoms with van der Waals surface area (Å²) in [5, 5.41) is 10.5. The maximum atomic E-state index is 11.8. The second-order valence-corrected chi connectivity index (χ2v) is 6.23. The van der Waals surface area contributed by atoms with Gasteiger partial charge in [0.05, 0.1) is 13.2 Å². The number of aliphatic hydroxyl groups excluding tert-OH is 1. The van der Waals surface area contributed by atoms with Crippen LogP contribution < -0.4 is 0 Å². The molecule has 0 spiro atoms. The van der Waals surface area contributed by atoms with Crippen LogP contribution in [0.25, 0.3) is 0 Å². The number of rotatable bonds is 5.